The monoisotopic (exact) mass is 234 g/mol. The highest BCUT2D eigenvalue weighted by molar-refractivity contribution is 6.30. The third-order valence-electron chi connectivity index (χ3n) is 2.29. The van der Waals surface area contributed by atoms with Gasteiger partial charge in [-0.3, -0.25) is 0 Å². The Bertz CT molecular complexity index is 413. The van der Waals surface area contributed by atoms with Gasteiger partial charge in [0.15, 0.2) is 0 Å². The fourth-order valence-electron chi connectivity index (χ4n) is 1.44. The van der Waals surface area contributed by atoms with Crippen LogP contribution >= 0.6 is 11.6 Å². The van der Waals surface area contributed by atoms with E-state index in [0.717, 1.165) is 5.56 Å². The minimum Gasteiger partial charge on any atom is -0.380 e. The Morgan fingerprint density at radius 3 is 2.56 bits per heavy atom. The van der Waals surface area contributed by atoms with Gasteiger partial charge in [0.05, 0.1) is 0 Å². The van der Waals surface area contributed by atoms with Crippen molar-refractivity contribution in [3.63, 3.8) is 0 Å². The van der Waals surface area contributed by atoms with Gasteiger partial charge in [-0.25, -0.2) is 0 Å². The smallest absolute Gasteiger partial charge is 0.118 e. The summed E-state index contributed by atoms with van der Waals surface area (Å²) < 4.78 is 0. The van der Waals surface area contributed by atoms with Crippen LogP contribution < -0.4 is 0 Å². The van der Waals surface area contributed by atoms with Crippen LogP contribution in [0.4, 0.5) is 0 Å². The molecule has 0 aliphatic carbocycles. The highest BCUT2D eigenvalue weighted by Crippen LogP contribution is 2.27. The van der Waals surface area contributed by atoms with E-state index in [1.807, 2.05) is 6.92 Å². The summed E-state index contributed by atoms with van der Waals surface area (Å²) in [5.74, 6) is 0. The van der Waals surface area contributed by atoms with Gasteiger partial charge in [0.2, 0.25) is 0 Å². The van der Waals surface area contributed by atoms with E-state index >= 15 is 0 Å². The van der Waals surface area contributed by atoms with Crippen LogP contribution in [0.15, 0.2) is 54.8 Å². The number of benzene rings is 1. The minimum atomic E-state index is -1.06. The summed E-state index contributed by atoms with van der Waals surface area (Å²) >= 11 is 5.81. The molecule has 1 atom stereocenters. The van der Waals surface area contributed by atoms with Gasteiger partial charge in [0.1, 0.15) is 5.60 Å². The fraction of sp³-hybridized carbons (Fsp3) is 0.214. The van der Waals surface area contributed by atoms with Crippen LogP contribution in [-0.4, -0.2) is 5.11 Å². The highest BCUT2D eigenvalue weighted by atomic mass is 35.5. The molecule has 0 bridgehead atoms. The van der Waals surface area contributed by atoms with E-state index < -0.39 is 5.60 Å². The molecule has 1 aromatic rings. The lowest BCUT2D eigenvalue weighted by molar-refractivity contribution is 0.0931. The summed E-state index contributed by atoms with van der Waals surface area (Å²) in [6.45, 7) is 5.51. The average molecular weight is 235 g/mol. The van der Waals surface area contributed by atoms with Crippen LogP contribution in [0.5, 0.6) is 0 Å². The van der Waals surface area contributed by atoms with E-state index in [4.69, 9.17) is 11.6 Å². The largest absolute Gasteiger partial charge is 0.380 e. The van der Waals surface area contributed by atoms with E-state index in [2.05, 4.69) is 12.3 Å². The molecule has 0 aromatic heterocycles. The van der Waals surface area contributed by atoms with Crippen molar-refractivity contribution in [2.45, 2.75) is 18.9 Å². The van der Waals surface area contributed by atoms with Crippen LogP contribution in [0.2, 0.25) is 5.02 Å². The van der Waals surface area contributed by atoms with Gasteiger partial charge < -0.3 is 5.11 Å². The molecule has 16 heavy (non-hydrogen) atoms. The molecule has 0 heterocycles. The molecule has 0 saturated carbocycles. The molecule has 0 saturated heterocycles. The second-order valence-corrected chi connectivity index (χ2v) is 3.96. The number of hydrogen-bond acceptors (Lipinski definition) is 1. The first kappa shape index (κ1) is 12.8. The van der Waals surface area contributed by atoms with Crippen molar-refractivity contribution in [1.29, 1.82) is 0 Å². The molecule has 0 radical (unpaired) electrons. The molecule has 0 amide bonds. The average Bonchev–Trinajstić information content (AvgIpc) is 2.27. The summed E-state index contributed by atoms with van der Waals surface area (Å²) in [6.07, 6.45) is 5.51. The van der Waals surface area contributed by atoms with Crippen molar-refractivity contribution in [1.82, 2.24) is 0 Å². The lowest BCUT2D eigenvalue weighted by atomic mass is 9.90. The summed E-state index contributed by atoms with van der Waals surface area (Å²) in [5.41, 5.74) is 2.63. The van der Waals surface area contributed by atoms with Crippen LogP contribution in [0.1, 0.15) is 18.9 Å². The van der Waals surface area contributed by atoms with Gasteiger partial charge in [0.25, 0.3) is 0 Å². The number of hydrogen-bond donors (Lipinski definition) is 1. The molecule has 1 nitrogen and oxygen atoms in total. The zero-order chi connectivity index (χ0) is 12.0. The van der Waals surface area contributed by atoms with Crippen LogP contribution in [0.25, 0.3) is 0 Å². The lowest BCUT2D eigenvalue weighted by Gasteiger charge is -2.22. The lowest BCUT2D eigenvalue weighted by Crippen LogP contribution is -2.21. The van der Waals surface area contributed by atoms with Gasteiger partial charge in [-0.05, 0) is 36.8 Å². The maximum atomic E-state index is 10.5. The van der Waals surface area contributed by atoms with Gasteiger partial charge in [-0.15, -0.1) is 12.3 Å². The Morgan fingerprint density at radius 2 is 2.06 bits per heavy atom. The van der Waals surface area contributed by atoms with E-state index in [9.17, 15) is 5.11 Å². The normalized spacial score (nSPS) is 13.4. The Balaban J connectivity index is 3.15. The SMILES string of the molecule is C=CCC(O)(C=C=CC)c1ccc(Cl)cc1. The third-order valence-corrected chi connectivity index (χ3v) is 2.54. The molecule has 1 N–H and O–H groups in total. The molecule has 84 valence electrons. The van der Waals surface area contributed by atoms with Crippen molar-refractivity contribution < 1.29 is 5.11 Å². The van der Waals surface area contributed by atoms with Gasteiger partial charge in [-0.2, -0.15) is 0 Å². The predicted octanol–water partition coefficient (Wildman–Crippen LogP) is 3.83. The second-order valence-electron chi connectivity index (χ2n) is 3.52. The minimum absolute atomic E-state index is 0.440. The molecule has 0 aliphatic rings. The van der Waals surface area contributed by atoms with E-state index in [0.29, 0.717) is 11.4 Å². The maximum Gasteiger partial charge on any atom is 0.118 e. The van der Waals surface area contributed by atoms with Gasteiger partial charge >= 0.3 is 0 Å². The van der Waals surface area contributed by atoms with E-state index in [-0.39, 0.29) is 0 Å². The maximum absolute atomic E-state index is 10.5. The van der Waals surface area contributed by atoms with Crippen molar-refractivity contribution in [3.8, 4) is 0 Å². The molecule has 2 heteroatoms. The Labute approximate surface area is 101 Å². The molecule has 0 aliphatic heterocycles. The van der Waals surface area contributed by atoms with Gasteiger partial charge in [0, 0.05) is 11.4 Å². The summed E-state index contributed by atoms with van der Waals surface area (Å²) in [4.78, 5) is 0. The molecule has 0 fully saturated rings. The molecular weight excluding hydrogens is 220 g/mol. The fourth-order valence-corrected chi connectivity index (χ4v) is 1.57. The highest BCUT2D eigenvalue weighted by Gasteiger charge is 2.24. The second kappa shape index (κ2) is 5.72. The number of aliphatic hydroxyl groups is 1. The van der Waals surface area contributed by atoms with Crippen LogP contribution in [0, 0.1) is 0 Å². The summed E-state index contributed by atoms with van der Waals surface area (Å²) in [6, 6.07) is 7.13. The Kier molecular flexibility index (Phi) is 4.57. The number of rotatable bonds is 4. The first-order valence-electron chi connectivity index (χ1n) is 5.10. The van der Waals surface area contributed by atoms with Crippen molar-refractivity contribution >= 4 is 11.6 Å². The van der Waals surface area contributed by atoms with Crippen LogP contribution in [0.3, 0.4) is 0 Å². The first-order valence-corrected chi connectivity index (χ1v) is 5.48. The van der Waals surface area contributed by atoms with Crippen molar-refractivity contribution in [2.75, 3.05) is 0 Å². The molecule has 0 spiro atoms. The Morgan fingerprint density at radius 1 is 1.44 bits per heavy atom. The predicted molar refractivity (Wildman–Crippen MR) is 68.5 cm³/mol. The van der Waals surface area contributed by atoms with Gasteiger partial charge in [-0.1, -0.05) is 29.8 Å². The van der Waals surface area contributed by atoms with E-state index in [1.54, 1.807) is 42.5 Å². The zero-order valence-electron chi connectivity index (χ0n) is 9.28. The molecule has 1 aromatic carbocycles. The third kappa shape index (κ3) is 3.11. The summed E-state index contributed by atoms with van der Waals surface area (Å²) in [7, 11) is 0. The summed E-state index contributed by atoms with van der Waals surface area (Å²) in [5, 5.41) is 11.1. The Hall–Kier alpha value is -1.27. The molecular formula is C14H15ClO. The van der Waals surface area contributed by atoms with Crippen molar-refractivity contribution in [2.24, 2.45) is 0 Å². The first-order chi connectivity index (χ1) is 7.62. The molecule has 1 rings (SSSR count). The standard InChI is InChI=1S/C14H15ClO/c1-3-5-11-14(16,10-4-2)12-6-8-13(15)9-7-12/h3-4,6-9,11,16H,2,10H2,1H3. The van der Waals surface area contributed by atoms with E-state index in [1.165, 1.54) is 0 Å². The van der Waals surface area contributed by atoms with Crippen molar-refractivity contribution in [3.05, 3.63) is 65.4 Å². The zero-order valence-corrected chi connectivity index (χ0v) is 10.0. The van der Waals surface area contributed by atoms with Crippen LogP contribution in [-0.2, 0) is 5.60 Å². The molecule has 1 unspecified atom stereocenters. The number of halogens is 1. The quantitative estimate of drug-likeness (QED) is 0.620. The topological polar surface area (TPSA) is 20.2 Å².